The first kappa shape index (κ1) is 11.9. The maximum absolute atomic E-state index is 4.36. The van der Waals surface area contributed by atoms with Gasteiger partial charge in [-0.05, 0) is 31.7 Å². The number of hydrogen-bond donors (Lipinski definition) is 1. The molecule has 1 unspecified atom stereocenters. The molecular formula is C14H22N4. The van der Waals surface area contributed by atoms with Gasteiger partial charge in [-0.2, -0.15) is 0 Å². The summed E-state index contributed by atoms with van der Waals surface area (Å²) in [5.41, 5.74) is 0. The number of aromatic nitrogens is 2. The second-order valence-corrected chi connectivity index (χ2v) is 5.48. The summed E-state index contributed by atoms with van der Waals surface area (Å²) in [7, 11) is 0. The molecule has 1 saturated heterocycles. The fourth-order valence-corrected chi connectivity index (χ4v) is 3.18. The van der Waals surface area contributed by atoms with E-state index >= 15 is 0 Å². The summed E-state index contributed by atoms with van der Waals surface area (Å²) in [6.45, 7) is 2.15. The molecule has 4 nitrogen and oxygen atoms in total. The third-order valence-corrected chi connectivity index (χ3v) is 4.08. The van der Waals surface area contributed by atoms with Crippen molar-refractivity contribution < 1.29 is 0 Å². The standard InChI is InChI=1S/C14H22N4/c1-2-6-12(5-1)17-13-7-3-10-18(11-13)14-15-8-4-9-16-14/h4,8-9,12-13,17H,1-3,5-7,10-11H2. The second-order valence-electron chi connectivity index (χ2n) is 5.48. The Balaban J connectivity index is 1.58. The van der Waals surface area contributed by atoms with Crippen molar-refractivity contribution in [1.29, 1.82) is 0 Å². The molecule has 1 saturated carbocycles. The first-order valence-corrected chi connectivity index (χ1v) is 7.20. The van der Waals surface area contributed by atoms with E-state index in [0.717, 1.165) is 25.1 Å². The summed E-state index contributed by atoms with van der Waals surface area (Å²) < 4.78 is 0. The van der Waals surface area contributed by atoms with Gasteiger partial charge in [-0.15, -0.1) is 0 Å². The Labute approximate surface area is 109 Å². The molecule has 0 spiro atoms. The summed E-state index contributed by atoms with van der Waals surface area (Å²) in [5, 5.41) is 3.82. The van der Waals surface area contributed by atoms with Crippen molar-refractivity contribution in [3.8, 4) is 0 Å². The summed E-state index contributed by atoms with van der Waals surface area (Å²) in [6, 6.07) is 3.25. The Kier molecular flexibility index (Phi) is 3.74. The molecule has 0 bridgehead atoms. The van der Waals surface area contributed by atoms with Crippen molar-refractivity contribution >= 4 is 5.95 Å². The lowest BCUT2D eigenvalue weighted by atomic mass is 10.0. The molecule has 4 heteroatoms. The van der Waals surface area contributed by atoms with Crippen molar-refractivity contribution in [1.82, 2.24) is 15.3 Å². The average Bonchev–Trinajstić information content (AvgIpc) is 2.93. The fraction of sp³-hybridized carbons (Fsp3) is 0.714. The molecule has 0 amide bonds. The average molecular weight is 246 g/mol. The highest BCUT2D eigenvalue weighted by molar-refractivity contribution is 5.29. The van der Waals surface area contributed by atoms with Gasteiger partial charge in [-0.25, -0.2) is 9.97 Å². The Morgan fingerprint density at radius 2 is 1.72 bits per heavy atom. The highest BCUT2D eigenvalue weighted by Crippen LogP contribution is 2.21. The minimum Gasteiger partial charge on any atom is -0.339 e. The van der Waals surface area contributed by atoms with Gasteiger partial charge in [0.2, 0.25) is 5.95 Å². The van der Waals surface area contributed by atoms with E-state index in [9.17, 15) is 0 Å². The van der Waals surface area contributed by atoms with Gasteiger partial charge < -0.3 is 10.2 Å². The molecular weight excluding hydrogens is 224 g/mol. The van der Waals surface area contributed by atoms with E-state index in [2.05, 4.69) is 20.2 Å². The van der Waals surface area contributed by atoms with Gasteiger partial charge in [-0.3, -0.25) is 0 Å². The van der Waals surface area contributed by atoms with Crippen LogP contribution in [-0.2, 0) is 0 Å². The fourth-order valence-electron chi connectivity index (χ4n) is 3.18. The molecule has 0 radical (unpaired) electrons. The normalized spacial score (nSPS) is 25.6. The maximum Gasteiger partial charge on any atom is 0.225 e. The Hall–Kier alpha value is -1.16. The molecule has 98 valence electrons. The summed E-state index contributed by atoms with van der Waals surface area (Å²) in [5.74, 6) is 0.885. The van der Waals surface area contributed by atoms with Crippen LogP contribution in [0.2, 0.25) is 0 Å². The zero-order valence-electron chi connectivity index (χ0n) is 10.9. The van der Waals surface area contributed by atoms with Gasteiger partial charge >= 0.3 is 0 Å². The number of hydrogen-bond acceptors (Lipinski definition) is 4. The largest absolute Gasteiger partial charge is 0.339 e. The van der Waals surface area contributed by atoms with E-state index in [1.807, 2.05) is 18.5 Å². The highest BCUT2D eigenvalue weighted by Gasteiger charge is 2.24. The summed E-state index contributed by atoms with van der Waals surface area (Å²) in [4.78, 5) is 11.0. The molecule has 1 aromatic rings. The molecule has 1 aliphatic heterocycles. The third-order valence-electron chi connectivity index (χ3n) is 4.08. The molecule has 1 atom stereocenters. The predicted molar refractivity (Wildman–Crippen MR) is 72.7 cm³/mol. The minimum atomic E-state index is 0.616. The molecule has 2 aliphatic rings. The molecule has 1 aliphatic carbocycles. The predicted octanol–water partition coefficient (Wildman–Crippen LogP) is 1.98. The summed E-state index contributed by atoms with van der Waals surface area (Å²) >= 11 is 0. The quantitative estimate of drug-likeness (QED) is 0.885. The maximum atomic E-state index is 4.36. The minimum absolute atomic E-state index is 0.616. The second kappa shape index (κ2) is 5.65. The lowest BCUT2D eigenvalue weighted by molar-refractivity contribution is 0.372. The Morgan fingerprint density at radius 1 is 1.00 bits per heavy atom. The number of rotatable bonds is 3. The van der Waals surface area contributed by atoms with E-state index in [1.165, 1.54) is 38.5 Å². The van der Waals surface area contributed by atoms with Crippen LogP contribution in [0.5, 0.6) is 0 Å². The first-order valence-electron chi connectivity index (χ1n) is 7.20. The Bertz CT molecular complexity index is 361. The van der Waals surface area contributed by atoms with Gasteiger partial charge in [0.15, 0.2) is 0 Å². The van der Waals surface area contributed by atoms with Crippen molar-refractivity contribution in [2.75, 3.05) is 18.0 Å². The van der Waals surface area contributed by atoms with Crippen molar-refractivity contribution in [3.05, 3.63) is 18.5 Å². The van der Waals surface area contributed by atoms with Gasteiger partial charge in [-0.1, -0.05) is 12.8 Å². The van der Waals surface area contributed by atoms with E-state index in [1.54, 1.807) is 0 Å². The topological polar surface area (TPSA) is 41.1 Å². The van der Waals surface area contributed by atoms with Crippen molar-refractivity contribution in [3.63, 3.8) is 0 Å². The molecule has 3 rings (SSSR count). The van der Waals surface area contributed by atoms with Crippen LogP contribution in [0.1, 0.15) is 38.5 Å². The smallest absolute Gasteiger partial charge is 0.225 e. The lowest BCUT2D eigenvalue weighted by Gasteiger charge is -2.34. The van der Waals surface area contributed by atoms with E-state index in [0.29, 0.717) is 6.04 Å². The Morgan fingerprint density at radius 3 is 2.50 bits per heavy atom. The van der Waals surface area contributed by atoms with Crippen LogP contribution in [-0.4, -0.2) is 35.1 Å². The van der Waals surface area contributed by atoms with Crippen LogP contribution >= 0.6 is 0 Å². The zero-order chi connectivity index (χ0) is 12.2. The SMILES string of the molecule is c1cnc(N2CCCC(NC3CCCC3)C2)nc1. The van der Waals surface area contributed by atoms with E-state index < -0.39 is 0 Å². The zero-order valence-corrected chi connectivity index (χ0v) is 10.9. The van der Waals surface area contributed by atoms with Gasteiger partial charge in [0.1, 0.15) is 0 Å². The van der Waals surface area contributed by atoms with Crippen LogP contribution in [0.3, 0.4) is 0 Å². The van der Waals surface area contributed by atoms with Crippen LogP contribution in [0.25, 0.3) is 0 Å². The number of anilines is 1. The van der Waals surface area contributed by atoms with Gasteiger partial charge in [0, 0.05) is 37.6 Å². The van der Waals surface area contributed by atoms with E-state index in [-0.39, 0.29) is 0 Å². The molecule has 2 fully saturated rings. The number of nitrogens with zero attached hydrogens (tertiary/aromatic N) is 3. The third kappa shape index (κ3) is 2.80. The lowest BCUT2D eigenvalue weighted by Crippen LogP contribution is -2.49. The van der Waals surface area contributed by atoms with Crippen LogP contribution in [0.4, 0.5) is 5.95 Å². The van der Waals surface area contributed by atoms with Crippen LogP contribution in [0, 0.1) is 0 Å². The van der Waals surface area contributed by atoms with Crippen LogP contribution in [0.15, 0.2) is 18.5 Å². The molecule has 1 aromatic heterocycles. The molecule has 0 aromatic carbocycles. The van der Waals surface area contributed by atoms with Crippen molar-refractivity contribution in [2.45, 2.75) is 50.6 Å². The molecule has 18 heavy (non-hydrogen) atoms. The van der Waals surface area contributed by atoms with Crippen LogP contribution < -0.4 is 10.2 Å². The van der Waals surface area contributed by atoms with E-state index in [4.69, 9.17) is 0 Å². The highest BCUT2D eigenvalue weighted by atomic mass is 15.3. The molecule has 2 heterocycles. The number of nitrogens with one attached hydrogen (secondary N) is 1. The summed E-state index contributed by atoms with van der Waals surface area (Å²) in [6.07, 6.45) is 11.7. The number of piperidine rings is 1. The van der Waals surface area contributed by atoms with Crippen molar-refractivity contribution in [2.24, 2.45) is 0 Å². The first-order chi connectivity index (χ1) is 8.92. The molecule has 1 N–H and O–H groups in total. The monoisotopic (exact) mass is 246 g/mol. The van der Waals surface area contributed by atoms with Gasteiger partial charge in [0.05, 0.1) is 0 Å². The van der Waals surface area contributed by atoms with Gasteiger partial charge in [0.25, 0.3) is 0 Å².